The van der Waals surface area contributed by atoms with Gasteiger partial charge in [0.05, 0.1) is 12.2 Å². The van der Waals surface area contributed by atoms with Crippen molar-refractivity contribution in [1.82, 2.24) is 16.0 Å². The van der Waals surface area contributed by atoms with Gasteiger partial charge in [0.15, 0.2) is 5.96 Å². The van der Waals surface area contributed by atoms with Gasteiger partial charge in [0, 0.05) is 13.0 Å². The van der Waals surface area contributed by atoms with E-state index in [1.54, 1.807) is 0 Å². The molecule has 0 radical (unpaired) electrons. The number of carbonyl (C=O) groups excluding carboxylic acids is 3. The summed E-state index contributed by atoms with van der Waals surface area (Å²) in [7, 11) is 0. The minimum atomic E-state index is -1.64. The van der Waals surface area contributed by atoms with Crippen LogP contribution in [0.5, 0.6) is 0 Å². The quantitative estimate of drug-likeness (QED) is 0.0539. The topological polar surface area (TPSA) is 293 Å². The van der Waals surface area contributed by atoms with E-state index in [0.717, 1.165) is 6.92 Å². The van der Waals surface area contributed by atoms with E-state index in [2.05, 4.69) is 20.9 Å². The summed E-state index contributed by atoms with van der Waals surface area (Å²) in [6, 6.07) is -5.87. The van der Waals surface area contributed by atoms with Crippen LogP contribution in [0.3, 0.4) is 0 Å². The lowest BCUT2D eigenvalue weighted by molar-refractivity contribution is -0.144. The molecular formula is C19H35N7O9. The van der Waals surface area contributed by atoms with E-state index < -0.39 is 78.9 Å². The summed E-state index contributed by atoms with van der Waals surface area (Å²) in [4.78, 5) is 63.5. The molecule has 0 aliphatic carbocycles. The van der Waals surface area contributed by atoms with Gasteiger partial charge < -0.3 is 53.6 Å². The lowest BCUT2D eigenvalue weighted by Crippen LogP contribution is -2.60. The molecule has 16 nitrogen and oxygen atoms in total. The number of hydrogen-bond donors (Lipinski definition) is 10. The second-order valence-electron chi connectivity index (χ2n) is 7.84. The fraction of sp³-hybridized carbons (Fsp3) is 0.684. The lowest BCUT2D eigenvalue weighted by atomic mass is 10.1. The Labute approximate surface area is 201 Å². The van der Waals surface area contributed by atoms with Crippen LogP contribution >= 0.6 is 0 Å². The summed E-state index contributed by atoms with van der Waals surface area (Å²) in [5.74, 6) is -5.84. The number of nitrogens with one attached hydrogen (secondary N) is 3. The number of nitrogens with zero attached hydrogens (tertiary/aromatic N) is 1. The van der Waals surface area contributed by atoms with E-state index >= 15 is 0 Å². The molecule has 6 unspecified atom stereocenters. The van der Waals surface area contributed by atoms with Crippen LogP contribution < -0.4 is 33.2 Å². The number of aliphatic hydroxyl groups is 2. The third-order valence-corrected chi connectivity index (χ3v) is 4.72. The molecule has 0 saturated heterocycles. The third-order valence-electron chi connectivity index (χ3n) is 4.72. The molecule has 0 saturated carbocycles. The first kappa shape index (κ1) is 31.5. The van der Waals surface area contributed by atoms with Crippen LogP contribution in [0.2, 0.25) is 0 Å². The summed E-state index contributed by atoms with van der Waals surface area (Å²) < 4.78 is 0. The highest BCUT2D eigenvalue weighted by atomic mass is 16.4. The Morgan fingerprint density at radius 1 is 0.829 bits per heavy atom. The highest BCUT2D eigenvalue weighted by Crippen LogP contribution is 2.05. The van der Waals surface area contributed by atoms with Crippen molar-refractivity contribution in [2.24, 2.45) is 22.2 Å². The molecular weight excluding hydrogens is 470 g/mol. The zero-order valence-electron chi connectivity index (χ0n) is 19.5. The molecule has 3 amide bonds. The second kappa shape index (κ2) is 15.4. The summed E-state index contributed by atoms with van der Waals surface area (Å²) in [5, 5.41) is 44.1. The molecule has 6 atom stereocenters. The smallest absolute Gasteiger partial charge is 0.326 e. The van der Waals surface area contributed by atoms with Crippen LogP contribution in [0.25, 0.3) is 0 Å². The van der Waals surface area contributed by atoms with Crippen LogP contribution in [0.15, 0.2) is 4.99 Å². The van der Waals surface area contributed by atoms with Crippen molar-refractivity contribution in [2.45, 2.75) is 75.9 Å². The number of amides is 3. The largest absolute Gasteiger partial charge is 0.481 e. The fourth-order valence-corrected chi connectivity index (χ4v) is 2.71. The first-order chi connectivity index (χ1) is 16.2. The minimum absolute atomic E-state index is 0.0224. The second-order valence-corrected chi connectivity index (χ2v) is 7.84. The van der Waals surface area contributed by atoms with Crippen molar-refractivity contribution in [3.8, 4) is 0 Å². The zero-order valence-corrected chi connectivity index (χ0v) is 19.5. The number of aliphatic imine (C=N–C) groups is 1. The van der Waals surface area contributed by atoms with E-state index in [9.17, 15) is 39.3 Å². The maximum atomic E-state index is 12.9. The molecule has 0 fully saturated rings. The van der Waals surface area contributed by atoms with Crippen molar-refractivity contribution >= 4 is 35.6 Å². The van der Waals surface area contributed by atoms with E-state index in [1.807, 2.05) is 0 Å². The first-order valence-corrected chi connectivity index (χ1v) is 10.7. The Bertz CT molecular complexity index is 785. The SMILES string of the molecule is CC(O)C(N)C(=O)NC(CCCN=C(N)N)C(=O)NC(C(=O)NC(CCC(=O)O)C(=O)O)C(C)O. The van der Waals surface area contributed by atoms with Gasteiger partial charge in [-0.1, -0.05) is 0 Å². The van der Waals surface area contributed by atoms with E-state index in [-0.39, 0.29) is 25.3 Å². The number of aliphatic hydroxyl groups excluding tert-OH is 2. The normalized spacial score (nSPS) is 15.9. The van der Waals surface area contributed by atoms with Gasteiger partial charge in [-0.2, -0.15) is 0 Å². The molecule has 0 rings (SSSR count). The van der Waals surface area contributed by atoms with Crippen molar-refractivity contribution in [3.63, 3.8) is 0 Å². The van der Waals surface area contributed by atoms with Gasteiger partial charge in [-0.15, -0.1) is 0 Å². The molecule has 0 aromatic heterocycles. The molecule has 0 aromatic carbocycles. The summed E-state index contributed by atoms with van der Waals surface area (Å²) in [6.07, 6.45) is -3.51. The molecule has 0 bridgehead atoms. The molecule has 0 aromatic rings. The van der Waals surface area contributed by atoms with Gasteiger partial charge >= 0.3 is 11.9 Å². The Kier molecular flexibility index (Phi) is 13.9. The van der Waals surface area contributed by atoms with Crippen LogP contribution in [0, 0.1) is 0 Å². The Morgan fingerprint density at radius 2 is 1.40 bits per heavy atom. The van der Waals surface area contributed by atoms with Crippen LogP contribution in [0.4, 0.5) is 0 Å². The fourth-order valence-electron chi connectivity index (χ4n) is 2.71. The van der Waals surface area contributed by atoms with Gasteiger partial charge in [0.1, 0.15) is 24.2 Å². The van der Waals surface area contributed by atoms with Crippen LogP contribution in [-0.4, -0.2) is 99.0 Å². The number of nitrogens with two attached hydrogens (primary N) is 3. The van der Waals surface area contributed by atoms with Crippen molar-refractivity contribution < 1.29 is 44.4 Å². The number of carbonyl (C=O) groups is 5. The van der Waals surface area contributed by atoms with E-state index in [0.29, 0.717) is 0 Å². The molecule has 0 heterocycles. The van der Waals surface area contributed by atoms with Gasteiger partial charge in [0.2, 0.25) is 17.7 Å². The number of aliphatic carboxylic acids is 2. The maximum Gasteiger partial charge on any atom is 0.326 e. The van der Waals surface area contributed by atoms with Crippen LogP contribution in [-0.2, 0) is 24.0 Å². The predicted molar refractivity (Wildman–Crippen MR) is 122 cm³/mol. The Hall–Kier alpha value is -3.50. The Balaban J connectivity index is 5.52. The lowest BCUT2D eigenvalue weighted by Gasteiger charge is -2.26. The third kappa shape index (κ3) is 12.5. The molecule has 13 N–H and O–H groups in total. The van der Waals surface area contributed by atoms with E-state index in [4.69, 9.17) is 22.3 Å². The highest BCUT2D eigenvalue weighted by Gasteiger charge is 2.33. The number of carboxylic acids is 2. The van der Waals surface area contributed by atoms with Crippen molar-refractivity contribution in [2.75, 3.05) is 6.54 Å². The predicted octanol–water partition coefficient (Wildman–Crippen LogP) is -4.47. The number of hydrogen-bond acceptors (Lipinski definition) is 9. The van der Waals surface area contributed by atoms with Gasteiger partial charge in [0.25, 0.3) is 0 Å². The molecule has 35 heavy (non-hydrogen) atoms. The number of rotatable bonds is 16. The number of carboxylic acid groups (broad SMARTS) is 2. The molecule has 0 aliphatic heterocycles. The van der Waals surface area contributed by atoms with Gasteiger partial charge in [-0.05, 0) is 33.1 Å². The zero-order chi connectivity index (χ0) is 27.3. The van der Waals surface area contributed by atoms with Crippen LogP contribution in [0.1, 0.15) is 39.5 Å². The summed E-state index contributed by atoms with van der Waals surface area (Å²) in [5.41, 5.74) is 16.1. The minimum Gasteiger partial charge on any atom is -0.481 e. The van der Waals surface area contributed by atoms with Gasteiger partial charge in [-0.3, -0.25) is 24.2 Å². The Morgan fingerprint density at radius 3 is 1.86 bits per heavy atom. The van der Waals surface area contributed by atoms with Gasteiger partial charge in [-0.25, -0.2) is 4.79 Å². The summed E-state index contributed by atoms with van der Waals surface area (Å²) in [6.45, 7) is 2.54. The van der Waals surface area contributed by atoms with E-state index in [1.165, 1.54) is 6.92 Å². The monoisotopic (exact) mass is 505 g/mol. The molecule has 0 aliphatic rings. The van der Waals surface area contributed by atoms with Crippen molar-refractivity contribution in [1.29, 1.82) is 0 Å². The average Bonchev–Trinajstić information content (AvgIpc) is 2.74. The highest BCUT2D eigenvalue weighted by molar-refractivity contribution is 5.94. The molecule has 200 valence electrons. The molecule has 16 heteroatoms. The maximum absolute atomic E-state index is 12.9. The summed E-state index contributed by atoms with van der Waals surface area (Å²) >= 11 is 0. The standard InChI is InChI=1S/C19H35N7O9/c1-8(27)13(20)16(32)24-10(4-3-7-23-19(21)22)15(31)26-14(9(2)28)17(33)25-11(18(34)35)5-6-12(29)30/h8-11,13-14,27-28H,3-7,20H2,1-2H3,(H,24,32)(H,25,33)(H,26,31)(H,29,30)(H,34,35)(H4,21,22,23). The first-order valence-electron chi connectivity index (χ1n) is 10.7. The average molecular weight is 506 g/mol. The number of guanidine groups is 1. The molecule has 0 spiro atoms. The van der Waals surface area contributed by atoms with Crippen molar-refractivity contribution in [3.05, 3.63) is 0 Å².